The summed E-state index contributed by atoms with van der Waals surface area (Å²) in [6.45, 7) is 7.32. The fourth-order valence-corrected chi connectivity index (χ4v) is 2.94. The molecule has 21 heavy (non-hydrogen) atoms. The first kappa shape index (κ1) is 16.5. The third-order valence-corrected chi connectivity index (χ3v) is 4.18. The van der Waals surface area contributed by atoms with Crippen molar-refractivity contribution in [3.05, 3.63) is 0 Å². The van der Waals surface area contributed by atoms with Crippen LogP contribution in [0.2, 0.25) is 0 Å². The van der Waals surface area contributed by atoms with E-state index in [1.807, 2.05) is 20.8 Å². The van der Waals surface area contributed by atoms with Gasteiger partial charge in [0.1, 0.15) is 17.3 Å². The van der Waals surface area contributed by atoms with Gasteiger partial charge in [0.15, 0.2) is 0 Å². The van der Waals surface area contributed by atoms with E-state index in [4.69, 9.17) is 18.9 Å². The van der Waals surface area contributed by atoms with Gasteiger partial charge in [0.25, 0.3) is 0 Å². The predicted octanol–water partition coefficient (Wildman–Crippen LogP) is 1.82. The van der Waals surface area contributed by atoms with Crippen molar-refractivity contribution in [2.75, 3.05) is 34.0 Å². The third-order valence-electron chi connectivity index (χ3n) is 4.18. The number of ether oxygens (including phenoxy) is 4. The Kier molecular flexibility index (Phi) is 4.80. The summed E-state index contributed by atoms with van der Waals surface area (Å²) >= 11 is 0. The van der Waals surface area contributed by atoms with Crippen LogP contribution < -0.4 is 0 Å². The molecule has 2 aliphatic heterocycles. The van der Waals surface area contributed by atoms with E-state index < -0.39 is 5.60 Å². The maximum Gasteiger partial charge on any atom is 0.410 e. The molecule has 0 N–H and O–H groups in total. The number of likely N-dealkylation sites (N-methyl/N-ethyl adjacent to an activating group) is 1. The van der Waals surface area contributed by atoms with Crippen molar-refractivity contribution in [3.63, 3.8) is 0 Å². The van der Waals surface area contributed by atoms with Crippen LogP contribution in [-0.4, -0.2) is 68.3 Å². The molecule has 0 unspecified atom stereocenters. The SMILES string of the molecule is CO[C@@H]1COCC[C@]12C[C@@H](N(C)C(=O)OC(C)(C)C)CO2. The van der Waals surface area contributed by atoms with E-state index in [-0.39, 0.29) is 23.8 Å². The Balaban J connectivity index is 1.99. The van der Waals surface area contributed by atoms with Gasteiger partial charge in [-0.15, -0.1) is 0 Å². The molecule has 0 radical (unpaired) electrons. The first-order valence-corrected chi connectivity index (χ1v) is 7.48. The van der Waals surface area contributed by atoms with E-state index in [2.05, 4.69) is 0 Å². The summed E-state index contributed by atoms with van der Waals surface area (Å²) in [4.78, 5) is 13.8. The average Bonchev–Trinajstić information content (AvgIpc) is 2.81. The highest BCUT2D eigenvalue weighted by atomic mass is 16.6. The van der Waals surface area contributed by atoms with Crippen molar-refractivity contribution < 1.29 is 23.7 Å². The molecular weight excluding hydrogens is 274 g/mol. The summed E-state index contributed by atoms with van der Waals surface area (Å²) < 4.78 is 22.4. The van der Waals surface area contributed by atoms with Gasteiger partial charge in [0.05, 0.1) is 19.3 Å². The number of nitrogens with zero attached hydrogens (tertiary/aromatic N) is 1. The zero-order chi connectivity index (χ0) is 15.7. The minimum absolute atomic E-state index is 0.00981. The summed E-state index contributed by atoms with van der Waals surface area (Å²) in [6.07, 6.45) is 1.16. The summed E-state index contributed by atoms with van der Waals surface area (Å²) in [6, 6.07) is 0.00981. The second kappa shape index (κ2) is 6.10. The molecule has 2 rings (SSSR count). The number of carbonyl (C=O) groups is 1. The predicted molar refractivity (Wildman–Crippen MR) is 77.3 cm³/mol. The normalized spacial score (nSPS) is 33.2. The third kappa shape index (κ3) is 3.67. The molecule has 2 aliphatic rings. The molecule has 3 atom stereocenters. The van der Waals surface area contributed by atoms with Gasteiger partial charge < -0.3 is 23.8 Å². The van der Waals surface area contributed by atoms with Gasteiger partial charge in [0, 0.05) is 33.6 Å². The Morgan fingerprint density at radius 2 is 2.05 bits per heavy atom. The number of methoxy groups -OCH3 is 1. The quantitative estimate of drug-likeness (QED) is 0.778. The van der Waals surface area contributed by atoms with Crippen LogP contribution in [0.15, 0.2) is 0 Å². The molecule has 0 bridgehead atoms. The number of hydrogen-bond donors (Lipinski definition) is 0. The average molecular weight is 301 g/mol. The van der Waals surface area contributed by atoms with Gasteiger partial charge in [-0.3, -0.25) is 0 Å². The zero-order valence-corrected chi connectivity index (χ0v) is 13.7. The largest absolute Gasteiger partial charge is 0.444 e. The second-order valence-electron chi connectivity index (χ2n) is 6.87. The highest BCUT2D eigenvalue weighted by Gasteiger charge is 2.50. The van der Waals surface area contributed by atoms with E-state index in [1.165, 1.54) is 0 Å². The van der Waals surface area contributed by atoms with E-state index in [0.717, 1.165) is 12.8 Å². The molecule has 2 fully saturated rings. The van der Waals surface area contributed by atoms with E-state index in [0.29, 0.717) is 19.8 Å². The van der Waals surface area contributed by atoms with Crippen LogP contribution in [0.4, 0.5) is 4.79 Å². The van der Waals surface area contributed by atoms with Gasteiger partial charge >= 0.3 is 6.09 Å². The van der Waals surface area contributed by atoms with Gasteiger partial charge in [-0.2, -0.15) is 0 Å². The zero-order valence-electron chi connectivity index (χ0n) is 13.7. The lowest BCUT2D eigenvalue weighted by Crippen LogP contribution is -2.51. The summed E-state index contributed by atoms with van der Waals surface area (Å²) in [5, 5.41) is 0. The fourth-order valence-electron chi connectivity index (χ4n) is 2.94. The Bertz CT molecular complexity index is 381. The van der Waals surface area contributed by atoms with Crippen molar-refractivity contribution in [1.29, 1.82) is 0 Å². The number of carbonyl (C=O) groups excluding carboxylic acids is 1. The lowest BCUT2D eigenvalue weighted by Gasteiger charge is -2.39. The van der Waals surface area contributed by atoms with Crippen molar-refractivity contribution in [3.8, 4) is 0 Å². The lowest BCUT2D eigenvalue weighted by atomic mass is 9.87. The maximum absolute atomic E-state index is 12.2. The molecular formula is C15H27NO5. The van der Waals surface area contributed by atoms with E-state index in [1.54, 1.807) is 19.1 Å². The van der Waals surface area contributed by atoms with Crippen molar-refractivity contribution >= 4 is 6.09 Å². The molecule has 2 heterocycles. The van der Waals surface area contributed by atoms with E-state index >= 15 is 0 Å². The van der Waals surface area contributed by atoms with Crippen LogP contribution in [0, 0.1) is 0 Å². The molecule has 122 valence electrons. The van der Waals surface area contributed by atoms with Gasteiger partial charge in [-0.05, 0) is 20.8 Å². The smallest absolute Gasteiger partial charge is 0.410 e. The Labute approximate surface area is 126 Å². The van der Waals surface area contributed by atoms with Crippen LogP contribution in [0.1, 0.15) is 33.6 Å². The first-order valence-electron chi connectivity index (χ1n) is 7.48. The Morgan fingerprint density at radius 1 is 1.33 bits per heavy atom. The number of hydrogen-bond acceptors (Lipinski definition) is 5. The van der Waals surface area contributed by atoms with Crippen LogP contribution >= 0.6 is 0 Å². The summed E-state index contributed by atoms with van der Waals surface area (Å²) in [5.74, 6) is 0. The highest BCUT2D eigenvalue weighted by molar-refractivity contribution is 5.68. The molecule has 1 amide bonds. The monoisotopic (exact) mass is 301 g/mol. The van der Waals surface area contributed by atoms with Crippen LogP contribution in [0.3, 0.4) is 0 Å². The summed E-state index contributed by atoms with van der Waals surface area (Å²) in [7, 11) is 3.44. The molecule has 6 nitrogen and oxygen atoms in total. The summed E-state index contributed by atoms with van der Waals surface area (Å²) in [5.41, 5.74) is -0.829. The van der Waals surface area contributed by atoms with E-state index in [9.17, 15) is 4.79 Å². The minimum atomic E-state index is -0.490. The molecule has 0 aromatic carbocycles. The maximum atomic E-state index is 12.2. The first-order chi connectivity index (χ1) is 9.77. The van der Waals surface area contributed by atoms with Crippen molar-refractivity contribution in [1.82, 2.24) is 4.90 Å². The topological polar surface area (TPSA) is 57.2 Å². The van der Waals surface area contributed by atoms with Crippen LogP contribution in [0.5, 0.6) is 0 Å². The van der Waals surface area contributed by atoms with Crippen LogP contribution in [-0.2, 0) is 18.9 Å². The Morgan fingerprint density at radius 3 is 2.67 bits per heavy atom. The molecule has 0 aromatic heterocycles. The van der Waals surface area contributed by atoms with Gasteiger partial charge in [-0.1, -0.05) is 0 Å². The molecule has 2 saturated heterocycles. The molecule has 6 heteroatoms. The van der Waals surface area contributed by atoms with Crippen molar-refractivity contribution in [2.45, 2.75) is 57.0 Å². The molecule has 0 aliphatic carbocycles. The van der Waals surface area contributed by atoms with Gasteiger partial charge in [0.2, 0.25) is 0 Å². The minimum Gasteiger partial charge on any atom is -0.444 e. The standard InChI is InChI=1S/C15H27NO5/c1-14(2,3)21-13(17)16(4)11-8-15(20-9-11)6-7-19-10-12(15)18-5/h11-12H,6-10H2,1-5H3/t11-,12-,15+/m1/s1. The fraction of sp³-hybridized carbons (Fsp3) is 0.933. The van der Waals surface area contributed by atoms with Crippen LogP contribution in [0.25, 0.3) is 0 Å². The number of rotatable bonds is 2. The highest BCUT2D eigenvalue weighted by Crippen LogP contribution is 2.38. The lowest BCUT2D eigenvalue weighted by molar-refractivity contribution is -0.170. The van der Waals surface area contributed by atoms with Gasteiger partial charge in [-0.25, -0.2) is 4.79 Å². The Hall–Kier alpha value is -0.850. The molecule has 0 aromatic rings. The molecule has 1 spiro atoms. The molecule has 0 saturated carbocycles. The second-order valence-corrected chi connectivity index (χ2v) is 6.87. The van der Waals surface area contributed by atoms with Crippen molar-refractivity contribution in [2.24, 2.45) is 0 Å². The number of amides is 1.